The minimum absolute atomic E-state index is 0.0133. The first-order chi connectivity index (χ1) is 6.12. The van der Waals surface area contributed by atoms with Crippen LogP contribution in [0.3, 0.4) is 0 Å². The molecule has 2 nitrogen and oxygen atoms in total. The standard InChI is InChI=1S/C9H17FN2P2/c1-8(2,3)7-5-6(9(10,13)14)11-12(7)4/h5H,13-14H2,1-4H3. The molecule has 2 atom stereocenters. The van der Waals surface area contributed by atoms with Crippen LogP contribution >= 0.6 is 18.5 Å². The largest absolute Gasteiger partial charge is 0.272 e. The normalized spacial score (nSPS) is 13.4. The van der Waals surface area contributed by atoms with Gasteiger partial charge in [0.05, 0.1) is 0 Å². The van der Waals surface area contributed by atoms with Crippen molar-refractivity contribution >= 4 is 18.5 Å². The molecule has 2 unspecified atom stereocenters. The summed E-state index contributed by atoms with van der Waals surface area (Å²) in [6.07, 6.45) is 0. The van der Waals surface area contributed by atoms with Crippen molar-refractivity contribution in [3.63, 3.8) is 0 Å². The molecule has 1 rings (SSSR count). The predicted octanol–water partition coefficient (Wildman–Crippen LogP) is 2.55. The Kier molecular flexibility index (Phi) is 3.05. The van der Waals surface area contributed by atoms with Gasteiger partial charge in [0.25, 0.3) is 0 Å². The highest BCUT2D eigenvalue weighted by Crippen LogP contribution is 2.40. The van der Waals surface area contributed by atoms with Crippen LogP contribution in [-0.4, -0.2) is 9.78 Å². The van der Waals surface area contributed by atoms with Crippen LogP contribution in [0.1, 0.15) is 32.2 Å². The second kappa shape index (κ2) is 3.54. The second-order valence-corrected chi connectivity index (χ2v) is 6.90. The number of rotatable bonds is 1. The van der Waals surface area contributed by atoms with Crippen LogP contribution in [0, 0.1) is 0 Å². The van der Waals surface area contributed by atoms with E-state index in [1.54, 1.807) is 10.7 Å². The van der Waals surface area contributed by atoms with Crippen molar-refractivity contribution in [2.24, 2.45) is 7.05 Å². The van der Waals surface area contributed by atoms with Gasteiger partial charge in [-0.3, -0.25) is 4.68 Å². The van der Waals surface area contributed by atoms with Crippen LogP contribution in [0.2, 0.25) is 0 Å². The summed E-state index contributed by atoms with van der Waals surface area (Å²) >= 11 is 0. The highest BCUT2D eigenvalue weighted by Gasteiger charge is 2.27. The highest BCUT2D eigenvalue weighted by molar-refractivity contribution is 7.38. The number of alkyl halides is 1. The molecule has 5 heteroatoms. The summed E-state index contributed by atoms with van der Waals surface area (Å²) in [5.74, 6) is 0. The average molecular weight is 234 g/mol. The molecule has 80 valence electrons. The van der Waals surface area contributed by atoms with E-state index in [9.17, 15) is 4.39 Å². The monoisotopic (exact) mass is 234 g/mol. The van der Waals surface area contributed by atoms with Gasteiger partial charge in [-0.05, 0) is 6.07 Å². The number of halogens is 1. The molecule has 1 aromatic heterocycles. The molecule has 0 spiro atoms. The lowest BCUT2D eigenvalue weighted by Gasteiger charge is -2.17. The zero-order valence-electron chi connectivity index (χ0n) is 9.00. The van der Waals surface area contributed by atoms with E-state index >= 15 is 0 Å². The quantitative estimate of drug-likeness (QED) is 0.683. The molecule has 0 amide bonds. The van der Waals surface area contributed by atoms with Crippen molar-refractivity contribution in [2.75, 3.05) is 0 Å². The van der Waals surface area contributed by atoms with Crippen molar-refractivity contribution in [3.8, 4) is 0 Å². The highest BCUT2D eigenvalue weighted by atomic mass is 31.1. The van der Waals surface area contributed by atoms with Crippen LogP contribution < -0.4 is 0 Å². The lowest BCUT2D eigenvalue weighted by Crippen LogP contribution is -2.16. The number of hydrogen-bond acceptors (Lipinski definition) is 1. The molecule has 0 aliphatic carbocycles. The Morgan fingerprint density at radius 3 is 2.07 bits per heavy atom. The Morgan fingerprint density at radius 2 is 1.86 bits per heavy atom. The molecule has 1 aromatic rings. The van der Waals surface area contributed by atoms with E-state index in [1.807, 2.05) is 7.05 Å². The van der Waals surface area contributed by atoms with Gasteiger partial charge in [-0.25, -0.2) is 4.39 Å². The Balaban J connectivity index is 3.19. The van der Waals surface area contributed by atoms with Gasteiger partial charge < -0.3 is 0 Å². The SMILES string of the molecule is Cn1nc(C(F)(P)P)cc1C(C)(C)C. The first-order valence-corrected chi connectivity index (χ1v) is 5.59. The van der Waals surface area contributed by atoms with E-state index in [0.29, 0.717) is 5.69 Å². The Hall–Kier alpha value is -0.000000000000000111. The zero-order valence-corrected chi connectivity index (χ0v) is 11.3. The molecule has 0 aromatic carbocycles. The van der Waals surface area contributed by atoms with Gasteiger partial charge >= 0.3 is 0 Å². The summed E-state index contributed by atoms with van der Waals surface area (Å²) in [7, 11) is 6.09. The fraction of sp³-hybridized carbons (Fsp3) is 0.667. The van der Waals surface area contributed by atoms with Gasteiger partial charge in [0.15, 0.2) is 5.15 Å². The molecular weight excluding hydrogens is 217 g/mol. The summed E-state index contributed by atoms with van der Waals surface area (Å²) in [4.78, 5) is 0. The maximum absolute atomic E-state index is 13.6. The van der Waals surface area contributed by atoms with Gasteiger partial charge in [0.1, 0.15) is 5.69 Å². The topological polar surface area (TPSA) is 17.8 Å². The van der Waals surface area contributed by atoms with Crippen molar-refractivity contribution in [1.82, 2.24) is 9.78 Å². The molecule has 0 saturated carbocycles. The molecule has 0 saturated heterocycles. The Bertz CT molecular complexity index is 334. The molecule has 0 radical (unpaired) electrons. The Morgan fingerprint density at radius 1 is 1.36 bits per heavy atom. The fourth-order valence-corrected chi connectivity index (χ4v) is 1.64. The zero-order chi connectivity index (χ0) is 11.1. The van der Waals surface area contributed by atoms with Crippen molar-refractivity contribution in [2.45, 2.75) is 31.3 Å². The molecule has 0 aliphatic rings. The van der Waals surface area contributed by atoms with Crippen LogP contribution in [0.15, 0.2) is 6.07 Å². The third-order valence-electron chi connectivity index (χ3n) is 2.04. The first kappa shape index (κ1) is 12.1. The molecule has 0 aliphatic heterocycles. The lowest BCUT2D eigenvalue weighted by atomic mass is 9.92. The van der Waals surface area contributed by atoms with E-state index in [0.717, 1.165) is 5.69 Å². The van der Waals surface area contributed by atoms with Crippen molar-refractivity contribution < 1.29 is 4.39 Å². The lowest BCUT2D eigenvalue weighted by molar-refractivity contribution is 0.410. The molecular formula is C9H17FN2P2. The molecule has 0 N–H and O–H groups in total. The average Bonchev–Trinajstić information content (AvgIpc) is 2.27. The van der Waals surface area contributed by atoms with Crippen LogP contribution in [-0.2, 0) is 17.6 Å². The van der Waals surface area contributed by atoms with E-state index < -0.39 is 5.15 Å². The maximum atomic E-state index is 13.6. The van der Waals surface area contributed by atoms with Gasteiger partial charge in [0.2, 0.25) is 0 Å². The molecule has 1 heterocycles. The predicted molar refractivity (Wildman–Crippen MR) is 64.1 cm³/mol. The summed E-state index contributed by atoms with van der Waals surface area (Å²) in [5.41, 5.74) is 1.44. The third kappa shape index (κ3) is 2.52. The fourth-order valence-electron chi connectivity index (χ4n) is 1.36. The molecule has 0 bridgehead atoms. The number of nitrogens with zero attached hydrogens (tertiary/aromatic N) is 2. The van der Waals surface area contributed by atoms with Crippen LogP contribution in [0.25, 0.3) is 0 Å². The van der Waals surface area contributed by atoms with Gasteiger partial charge in [0, 0.05) is 18.2 Å². The van der Waals surface area contributed by atoms with Crippen molar-refractivity contribution in [1.29, 1.82) is 0 Å². The van der Waals surface area contributed by atoms with E-state index in [-0.39, 0.29) is 5.41 Å². The minimum atomic E-state index is -1.53. The maximum Gasteiger partial charge on any atom is 0.178 e. The number of aryl methyl sites for hydroxylation is 1. The number of hydrogen-bond donors (Lipinski definition) is 0. The van der Waals surface area contributed by atoms with Crippen molar-refractivity contribution in [3.05, 3.63) is 17.5 Å². The smallest absolute Gasteiger partial charge is 0.178 e. The molecule has 14 heavy (non-hydrogen) atoms. The minimum Gasteiger partial charge on any atom is -0.272 e. The molecule has 0 fully saturated rings. The van der Waals surface area contributed by atoms with E-state index in [2.05, 4.69) is 44.3 Å². The summed E-state index contributed by atoms with van der Waals surface area (Å²) in [6, 6.07) is 1.81. The van der Waals surface area contributed by atoms with Crippen LogP contribution in [0.5, 0.6) is 0 Å². The number of aromatic nitrogens is 2. The Labute approximate surface area is 89.1 Å². The van der Waals surface area contributed by atoms with Gasteiger partial charge in [-0.15, -0.1) is 0 Å². The van der Waals surface area contributed by atoms with Gasteiger partial charge in [-0.2, -0.15) is 5.10 Å². The van der Waals surface area contributed by atoms with Gasteiger partial charge in [-0.1, -0.05) is 39.3 Å². The summed E-state index contributed by atoms with van der Waals surface area (Å²) in [6.45, 7) is 6.25. The third-order valence-corrected chi connectivity index (χ3v) is 2.63. The summed E-state index contributed by atoms with van der Waals surface area (Å²) < 4.78 is 15.3. The first-order valence-electron chi connectivity index (χ1n) is 4.44. The van der Waals surface area contributed by atoms with E-state index in [4.69, 9.17) is 0 Å². The van der Waals surface area contributed by atoms with Crippen LogP contribution in [0.4, 0.5) is 4.39 Å². The van der Waals surface area contributed by atoms with E-state index in [1.165, 1.54) is 0 Å². The summed E-state index contributed by atoms with van der Waals surface area (Å²) in [5, 5.41) is 2.62. The second-order valence-electron chi connectivity index (χ2n) is 4.56.